The number of rotatable bonds is 3. The Morgan fingerprint density at radius 3 is 2.42 bits per heavy atom. The molecule has 0 aliphatic heterocycles. The molecule has 0 bridgehead atoms. The number of aliphatic imine (C=N–C) groups is 1. The zero-order chi connectivity index (χ0) is 17.1. The van der Waals surface area contributed by atoms with E-state index in [2.05, 4.69) is 4.99 Å². The standard InChI is InChI=1S/C19H17N3O2/c1-24-15-9-7-13(8-10-15)16-4-2-3-12-5-6-14(11-17(12)16)18(23)22-19(20)21/h2-11H,1H3,(H4,20,21,22,23). The van der Waals surface area contributed by atoms with Crippen LogP contribution in [0.25, 0.3) is 21.9 Å². The summed E-state index contributed by atoms with van der Waals surface area (Å²) in [4.78, 5) is 15.7. The summed E-state index contributed by atoms with van der Waals surface area (Å²) in [5.41, 5.74) is 13.1. The van der Waals surface area contributed by atoms with E-state index in [4.69, 9.17) is 16.2 Å². The van der Waals surface area contributed by atoms with Gasteiger partial charge in [-0.25, -0.2) is 0 Å². The molecule has 4 N–H and O–H groups in total. The maximum atomic E-state index is 12.1. The Morgan fingerprint density at radius 2 is 1.75 bits per heavy atom. The van der Waals surface area contributed by atoms with E-state index in [0.717, 1.165) is 27.6 Å². The van der Waals surface area contributed by atoms with Gasteiger partial charge in [0.15, 0.2) is 5.96 Å². The number of carbonyl (C=O) groups is 1. The highest BCUT2D eigenvalue weighted by atomic mass is 16.5. The Hall–Kier alpha value is -3.34. The van der Waals surface area contributed by atoms with E-state index in [-0.39, 0.29) is 5.96 Å². The van der Waals surface area contributed by atoms with Gasteiger partial charge in [0.25, 0.3) is 5.91 Å². The number of benzene rings is 3. The van der Waals surface area contributed by atoms with Crippen LogP contribution in [0, 0.1) is 0 Å². The molecule has 0 unspecified atom stereocenters. The van der Waals surface area contributed by atoms with Crippen molar-refractivity contribution in [1.82, 2.24) is 0 Å². The monoisotopic (exact) mass is 319 g/mol. The summed E-state index contributed by atoms with van der Waals surface area (Å²) in [6.07, 6.45) is 0. The summed E-state index contributed by atoms with van der Waals surface area (Å²) >= 11 is 0. The minimum Gasteiger partial charge on any atom is -0.497 e. The fourth-order valence-electron chi connectivity index (χ4n) is 2.61. The second-order valence-electron chi connectivity index (χ2n) is 5.31. The molecule has 0 aromatic heterocycles. The number of guanidine groups is 1. The first-order valence-electron chi connectivity index (χ1n) is 7.39. The van der Waals surface area contributed by atoms with Crippen LogP contribution in [-0.2, 0) is 0 Å². The molecule has 3 aromatic rings. The van der Waals surface area contributed by atoms with Crippen LogP contribution in [0.1, 0.15) is 10.4 Å². The summed E-state index contributed by atoms with van der Waals surface area (Å²) in [6, 6.07) is 19.2. The number of methoxy groups -OCH3 is 1. The fourth-order valence-corrected chi connectivity index (χ4v) is 2.61. The van der Waals surface area contributed by atoms with Crippen LogP contribution in [0.15, 0.2) is 65.7 Å². The Morgan fingerprint density at radius 1 is 1.00 bits per heavy atom. The minimum absolute atomic E-state index is 0.247. The SMILES string of the molecule is COc1ccc(-c2cccc3ccc(C(=O)N=C(N)N)cc23)cc1. The van der Waals surface area contributed by atoms with Gasteiger partial charge in [-0.3, -0.25) is 4.79 Å². The van der Waals surface area contributed by atoms with E-state index in [1.807, 2.05) is 54.6 Å². The molecule has 24 heavy (non-hydrogen) atoms. The summed E-state index contributed by atoms with van der Waals surface area (Å²) in [6.45, 7) is 0. The van der Waals surface area contributed by atoms with Gasteiger partial charge in [0.2, 0.25) is 0 Å². The van der Waals surface area contributed by atoms with Gasteiger partial charge in [0, 0.05) is 5.56 Å². The smallest absolute Gasteiger partial charge is 0.280 e. The average Bonchev–Trinajstić information content (AvgIpc) is 2.60. The van der Waals surface area contributed by atoms with Gasteiger partial charge in [-0.2, -0.15) is 4.99 Å². The first kappa shape index (κ1) is 15.6. The number of fused-ring (bicyclic) bond motifs is 1. The third-order valence-corrected chi connectivity index (χ3v) is 3.76. The molecule has 5 nitrogen and oxygen atoms in total. The van der Waals surface area contributed by atoms with Crippen LogP contribution in [-0.4, -0.2) is 19.0 Å². The van der Waals surface area contributed by atoms with Crippen molar-refractivity contribution in [2.75, 3.05) is 7.11 Å². The van der Waals surface area contributed by atoms with E-state index < -0.39 is 5.91 Å². The highest BCUT2D eigenvalue weighted by Crippen LogP contribution is 2.30. The molecule has 0 fully saturated rings. The molecule has 0 saturated carbocycles. The molecule has 0 atom stereocenters. The number of nitrogens with zero attached hydrogens (tertiary/aromatic N) is 1. The van der Waals surface area contributed by atoms with Gasteiger partial charge in [0.1, 0.15) is 5.75 Å². The second kappa shape index (κ2) is 6.42. The molecule has 1 amide bonds. The van der Waals surface area contributed by atoms with Crippen LogP contribution in [0.2, 0.25) is 0 Å². The first-order chi connectivity index (χ1) is 11.6. The van der Waals surface area contributed by atoms with Crippen molar-refractivity contribution < 1.29 is 9.53 Å². The molecule has 0 spiro atoms. The predicted octanol–water partition coefficient (Wildman–Crippen LogP) is 2.93. The Bertz CT molecular complexity index is 927. The van der Waals surface area contributed by atoms with Crippen molar-refractivity contribution in [3.05, 3.63) is 66.2 Å². The normalized spacial score (nSPS) is 10.4. The van der Waals surface area contributed by atoms with Crippen molar-refractivity contribution in [3.8, 4) is 16.9 Å². The van der Waals surface area contributed by atoms with Gasteiger partial charge >= 0.3 is 0 Å². The summed E-state index contributed by atoms with van der Waals surface area (Å²) in [5.74, 6) is 0.0904. The number of amides is 1. The Labute approximate surface area is 139 Å². The topological polar surface area (TPSA) is 90.7 Å². The van der Waals surface area contributed by atoms with Crippen LogP contribution in [0.5, 0.6) is 5.75 Å². The highest BCUT2D eigenvalue weighted by molar-refractivity contribution is 6.06. The first-order valence-corrected chi connectivity index (χ1v) is 7.39. The van der Waals surface area contributed by atoms with Crippen molar-refractivity contribution in [2.24, 2.45) is 16.5 Å². The predicted molar refractivity (Wildman–Crippen MR) is 96.1 cm³/mol. The summed E-state index contributed by atoms with van der Waals surface area (Å²) < 4.78 is 5.20. The molecule has 3 aromatic carbocycles. The van der Waals surface area contributed by atoms with E-state index >= 15 is 0 Å². The largest absolute Gasteiger partial charge is 0.497 e. The van der Waals surface area contributed by atoms with Gasteiger partial charge < -0.3 is 16.2 Å². The van der Waals surface area contributed by atoms with Crippen LogP contribution in [0.3, 0.4) is 0 Å². The lowest BCUT2D eigenvalue weighted by Crippen LogP contribution is -2.24. The second-order valence-corrected chi connectivity index (χ2v) is 5.31. The number of hydrogen-bond donors (Lipinski definition) is 2. The number of nitrogens with two attached hydrogens (primary N) is 2. The van der Waals surface area contributed by atoms with E-state index in [1.165, 1.54) is 0 Å². The summed E-state index contributed by atoms with van der Waals surface area (Å²) in [7, 11) is 1.63. The van der Waals surface area contributed by atoms with E-state index in [9.17, 15) is 4.79 Å². The minimum atomic E-state index is -0.457. The van der Waals surface area contributed by atoms with Crippen LogP contribution < -0.4 is 16.2 Å². The van der Waals surface area contributed by atoms with Crippen LogP contribution >= 0.6 is 0 Å². The van der Waals surface area contributed by atoms with Crippen molar-refractivity contribution in [3.63, 3.8) is 0 Å². The third kappa shape index (κ3) is 3.05. The number of hydrogen-bond acceptors (Lipinski definition) is 2. The number of ether oxygens (including phenoxy) is 1. The Balaban J connectivity index is 2.13. The molecule has 120 valence electrons. The third-order valence-electron chi connectivity index (χ3n) is 3.76. The fraction of sp³-hybridized carbons (Fsp3) is 0.0526. The highest BCUT2D eigenvalue weighted by Gasteiger charge is 2.09. The lowest BCUT2D eigenvalue weighted by molar-refractivity contribution is 0.100. The van der Waals surface area contributed by atoms with Gasteiger partial charge in [-0.1, -0.05) is 36.4 Å². The van der Waals surface area contributed by atoms with E-state index in [1.54, 1.807) is 13.2 Å². The maximum Gasteiger partial charge on any atom is 0.280 e. The lowest BCUT2D eigenvalue weighted by atomic mass is 9.96. The quantitative estimate of drug-likeness (QED) is 0.573. The average molecular weight is 319 g/mol. The lowest BCUT2D eigenvalue weighted by Gasteiger charge is -2.09. The van der Waals surface area contributed by atoms with Gasteiger partial charge in [-0.15, -0.1) is 0 Å². The Kier molecular flexibility index (Phi) is 4.16. The molecular weight excluding hydrogens is 302 g/mol. The van der Waals surface area contributed by atoms with Gasteiger partial charge in [-0.05, 0) is 46.2 Å². The van der Waals surface area contributed by atoms with Crippen molar-refractivity contribution in [2.45, 2.75) is 0 Å². The van der Waals surface area contributed by atoms with Crippen molar-refractivity contribution >= 4 is 22.6 Å². The van der Waals surface area contributed by atoms with Crippen molar-refractivity contribution in [1.29, 1.82) is 0 Å². The van der Waals surface area contributed by atoms with Crippen LogP contribution in [0.4, 0.5) is 0 Å². The molecule has 3 rings (SSSR count). The molecule has 0 saturated heterocycles. The van der Waals surface area contributed by atoms with Gasteiger partial charge in [0.05, 0.1) is 7.11 Å². The molecule has 0 heterocycles. The number of carbonyl (C=O) groups excluding carboxylic acids is 1. The maximum absolute atomic E-state index is 12.1. The van der Waals surface area contributed by atoms with E-state index in [0.29, 0.717) is 5.56 Å². The molecule has 0 radical (unpaired) electrons. The molecule has 5 heteroatoms. The molecule has 0 aliphatic carbocycles. The zero-order valence-corrected chi connectivity index (χ0v) is 13.2. The zero-order valence-electron chi connectivity index (χ0n) is 13.2. The summed E-state index contributed by atoms with van der Waals surface area (Å²) in [5, 5.41) is 1.99. The molecule has 0 aliphatic rings. The molecular formula is C19H17N3O2.